The van der Waals surface area contributed by atoms with Gasteiger partial charge < -0.3 is 29.6 Å². The number of carbonyl (C=O) groups excluding carboxylic acids is 3. The number of anilines is 2. The molecule has 0 bridgehead atoms. The Hall–Kier alpha value is -4.47. The topological polar surface area (TPSA) is 111 Å². The second-order valence-electron chi connectivity index (χ2n) is 11.3. The van der Waals surface area contributed by atoms with Crippen molar-refractivity contribution in [1.29, 1.82) is 0 Å². The SMILES string of the molecule is COc1ccc2c(c1)[C@@](O)([C@H](C)/C=C/CC(=O)N(CCO)Cc1ccccc1)C(=O)N2Cc1cccc(N2CCCC2=O)c1. The number of nitrogens with zero attached hydrogens (tertiary/aromatic N) is 3. The van der Waals surface area contributed by atoms with Crippen LogP contribution in [0.3, 0.4) is 0 Å². The average molecular weight is 598 g/mol. The Bertz CT molecular complexity index is 1540. The molecule has 0 spiro atoms. The van der Waals surface area contributed by atoms with E-state index in [0.717, 1.165) is 23.2 Å². The minimum atomic E-state index is -1.89. The smallest absolute Gasteiger partial charge is 0.264 e. The Kier molecular flexibility index (Phi) is 9.46. The van der Waals surface area contributed by atoms with Crippen LogP contribution in [0.25, 0.3) is 0 Å². The van der Waals surface area contributed by atoms with Crippen LogP contribution in [0.5, 0.6) is 5.75 Å². The third-order valence-electron chi connectivity index (χ3n) is 8.43. The molecule has 5 rings (SSSR count). The Morgan fingerprint density at radius 1 is 1.07 bits per heavy atom. The zero-order chi connectivity index (χ0) is 31.3. The summed E-state index contributed by atoms with van der Waals surface area (Å²) in [5.74, 6) is -0.718. The van der Waals surface area contributed by atoms with Gasteiger partial charge in [0.2, 0.25) is 11.8 Å². The first-order chi connectivity index (χ1) is 21.3. The largest absolute Gasteiger partial charge is 0.497 e. The van der Waals surface area contributed by atoms with Crippen molar-refractivity contribution in [3.05, 3.63) is 102 Å². The van der Waals surface area contributed by atoms with Crippen molar-refractivity contribution in [2.24, 2.45) is 5.92 Å². The van der Waals surface area contributed by atoms with Crippen molar-refractivity contribution in [2.75, 3.05) is 36.6 Å². The molecule has 2 atom stereocenters. The number of carbonyl (C=O) groups is 3. The van der Waals surface area contributed by atoms with E-state index in [0.29, 0.717) is 36.5 Å². The fourth-order valence-corrected chi connectivity index (χ4v) is 5.99. The van der Waals surface area contributed by atoms with Crippen LogP contribution in [0.15, 0.2) is 84.9 Å². The van der Waals surface area contributed by atoms with E-state index in [1.807, 2.05) is 54.6 Å². The van der Waals surface area contributed by atoms with Crippen molar-refractivity contribution in [3.63, 3.8) is 0 Å². The fraction of sp³-hybridized carbons (Fsp3) is 0.343. The van der Waals surface area contributed by atoms with Crippen LogP contribution in [0.1, 0.15) is 42.9 Å². The van der Waals surface area contributed by atoms with Crippen molar-refractivity contribution in [2.45, 2.75) is 44.9 Å². The summed E-state index contributed by atoms with van der Waals surface area (Å²) in [5, 5.41) is 21.6. The summed E-state index contributed by atoms with van der Waals surface area (Å²) in [6, 6.07) is 22.4. The molecule has 1 saturated heterocycles. The van der Waals surface area contributed by atoms with Crippen molar-refractivity contribution < 1.29 is 29.3 Å². The predicted molar refractivity (Wildman–Crippen MR) is 168 cm³/mol. The molecule has 9 heteroatoms. The zero-order valence-corrected chi connectivity index (χ0v) is 25.2. The third kappa shape index (κ3) is 6.25. The lowest BCUT2D eigenvalue weighted by Crippen LogP contribution is -2.44. The van der Waals surface area contributed by atoms with Gasteiger partial charge in [0.05, 0.1) is 25.9 Å². The van der Waals surface area contributed by atoms with Gasteiger partial charge in [-0.3, -0.25) is 14.4 Å². The Morgan fingerprint density at radius 3 is 2.55 bits per heavy atom. The normalized spacial score (nSPS) is 18.6. The lowest BCUT2D eigenvalue weighted by atomic mass is 9.83. The van der Waals surface area contributed by atoms with Crippen LogP contribution in [-0.4, -0.2) is 59.6 Å². The highest BCUT2D eigenvalue weighted by Gasteiger charge is 2.52. The zero-order valence-electron chi connectivity index (χ0n) is 25.2. The van der Waals surface area contributed by atoms with Crippen LogP contribution in [0, 0.1) is 5.92 Å². The first kappa shape index (κ1) is 31.0. The molecule has 0 radical (unpaired) electrons. The molecule has 0 aromatic heterocycles. The van der Waals surface area contributed by atoms with Gasteiger partial charge in [0.15, 0.2) is 5.60 Å². The number of methoxy groups -OCH3 is 1. The molecule has 9 nitrogen and oxygen atoms in total. The van der Waals surface area contributed by atoms with Gasteiger partial charge >= 0.3 is 0 Å². The van der Waals surface area contributed by atoms with Crippen molar-refractivity contribution >= 4 is 29.1 Å². The molecule has 3 amide bonds. The number of aliphatic hydroxyl groups is 2. The summed E-state index contributed by atoms with van der Waals surface area (Å²) in [6.45, 7) is 3.06. The molecular weight excluding hydrogens is 558 g/mol. The maximum absolute atomic E-state index is 14.1. The summed E-state index contributed by atoms with van der Waals surface area (Å²) in [6.07, 6.45) is 4.77. The number of aliphatic hydroxyl groups excluding tert-OH is 1. The maximum Gasteiger partial charge on any atom is 0.264 e. The molecule has 0 unspecified atom stereocenters. The molecule has 44 heavy (non-hydrogen) atoms. The fourth-order valence-electron chi connectivity index (χ4n) is 5.99. The Labute approximate surface area is 258 Å². The number of hydrogen-bond acceptors (Lipinski definition) is 6. The monoisotopic (exact) mass is 597 g/mol. The lowest BCUT2D eigenvalue weighted by Gasteiger charge is -2.28. The number of amides is 3. The molecule has 3 aromatic rings. The quantitative estimate of drug-likeness (QED) is 0.304. The predicted octanol–water partition coefficient (Wildman–Crippen LogP) is 4.16. The van der Waals surface area contributed by atoms with Gasteiger partial charge in [-0.05, 0) is 47.9 Å². The lowest BCUT2D eigenvalue weighted by molar-refractivity contribution is -0.139. The van der Waals surface area contributed by atoms with Crippen LogP contribution < -0.4 is 14.5 Å². The molecule has 230 valence electrons. The molecule has 2 heterocycles. The van der Waals surface area contributed by atoms with E-state index in [1.54, 1.807) is 52.0 Å². The highest BCUT2D eigenvalue weighted by molar-refractivity contribution is 6.07. The highest BCUT2D eigenvalue weighted by atomic mass is 16.5. The maximum atomic E-state index is 14.1. The Morgan fingerprint density at radius 2 is 1.84 bits per heavy atom. The first-order valence-corrected chi connectivity index (χ1v) is 15.0. The molecule has 2 N–H and O–H groups in total. The molecule has 2 aliphatic rings. The summed E-state index contributed by atoms with van der Waals surface area (Å²) in [4.78, 5) is 44.3. The van der Waals surface area contributed by atoms with Crippen molar-refractivity contribution in [1.82, 2.24) is 4.90 Å². The van der Waals surface area contributed by atoms with E-state index >= 15 is 0 Å². The van der Waals surface area contributed by atoms with Crippen LogP contribution in [0.2, 0.25) is 0 Å². The minimum absolute atomic E-state index is 0.0537. The average Bonchev–Trinajstić information content (AvgIpc) is 3.56. The van der Waals surface area contributed by atoms with Gasteiger partial charge in [-0.15, -0.1) is 0 Å². The number of rotatable bonds is 12. The summed E-state index contributed by atoms with van der Waals surface area (Å²) in [7, 11) is 1.53. The van der Waals surface area contributed by atoms with E-state index in [9.17, 15) is 24.6 Å². The molecule has 0 aliphatic carbocycles. The van der Waals surface area contributed by atoms with E-state index in [4.69, 9.17) is 4.74 Å². The summed E-state index contributed by atoms with van der Waals surface area (Å²) in [5.41, 5.74) is 1.71. The molecular formula is C35H39N3O6. The van der Waals surface area contributed by atoms with E-state index in [-0.39, 0.29) is 37.9 Å². The van der Waals surface area contributed by atoms with Gasteiger partial charge in [0.1, 0.15) is 5.75 Å². The molecule has 2 aliphatic heterocycles. The summed E-state index contributed by atoms with van der Waals surface area (Å²) < 4.78 is 5.43. The van der Waals surface area contributed by atoms with Gasteiger partial charge in [-0.25, -0.2) is 0 Å². The summed E-state index contributed by atoms with van der Waals surface area (Å²) >= 11 is 0. The minimum Gasteiger partial charge on any atom is -0.497 e. The third-order valence-corrected chi connectivity index (χ3v) is 8.43. The van der Waals surface area contributed by atoms with Crippen LogP contribution >= 0.6 is 0 Å². The van der Waals surface area contributed by atoms with E-state index in [1.165, 1.54) is 7.11 Å². The molecule has 0 saturated carbocycles. The second kappa shape index (κ2) is 13.4. The van der Waals surface area contributed by atoms with Crippen molar-refractivity contribution in [3.8, 4) is 5.75 Å². The second-order valence-corrected chi connectivity index (χ2v) is 11.3. The molecule has 1 fully saturated rings. The number of ether oxygens (including phenoxy) is 1. The standard InChI is InChI=1S/C35H39N3O6/c1-25(9-6-14-32(40)36(19-20-39)23-26-10-4-3-5-11-26)35(43)30-22-29(44-2)16-17-31(30)38(34(35)42)24-27-12-7-13-28(21-27)37-18-8-15-33(37)41/h3-7,9-13,16-17,21-22,25,39,43H,8,14-15,18-20,23-24H2,1-2H3/b9-6+/t25-,35+/m1/s1. The van der Waals surface area contributed by atoms with Gasteiger partial charge in [-0.2, -0.15) is 0 Å². The van der Waals surface area contributed by atoms with E-state index in [2.05, 4.69) is 0 Å². The van der Waals surface area contributed by atoms with Crippen LogP contribution in [0.4, 0.5) is 11.4 Å². The van der Waals surface area contributed by atoms with Crippen LogP contribution in [-0.2, 0) is 33.1 Å². The van der Waals surface area contributed by atoms with Gasteiger partial charge in [-0.1, -0.05) is 61.5 Å². The number of hydrogen-bond donors (Lipinski definition) is 2. The first-order valence-electron chi connectivity index (χ1n) is 15.0. The number of fused-ring (bicyclic) bond motifs is 1. The van der Waals surface area contributed by atoms with Gasteiger partial charge in [0, 0.05) is 49.6 Å². The molecule has 3 aromatic carbocycles. The Balaban J connectivity index is 1.36. The highest BCUT2D eigenvalue weighted by Crippen LogP contribution is 2.47. The number of benzene rings is 3. The van der Waals surface area contributed by atoms with E-state index < -0.39 is 17.4 Å². The van der Waals surface area contributed by atoms with Gasteiger partial charge in [0.25, 0.3) is 5.91 Å².